The molecule has 0 saturated carbocycles. The quantitative estimate of drug-likeness (QED) is 0.610. The highest BCUT2D eigenvalue weighted by Crippen LogP contribution is 2.10. The topological polar surface area (TPSA) is 84.7 Å². The van der Waals surface area contributed by atoms with Crippen LogP contribution in [-0.2, 0) is 0 Å². The first-order chi connectivity index (χ1) is 5.79. The normalized spacial score (nSPS) is 10.3. The summed E-state index contributed by atoms with van der Waals surface area (Å²) in [6, 6.07) is 1.68. The Hall–Kier alpha value is -1.91. The van der Waals surface area contributed by atoms with Gasteiger partial charge in [0.2, 0.25) is 0 Å². The Labute approximate surface area is 67.6 Å². The molecule has 0 saturated heterocycles. The number of carbonyl (C=O) groups is 1. The van der Waals surface area contributed by atoms with Crippen molar-refractivity contribution in [2.75, 3.05) is 0 Å². The Bertz CT molecular complexity index is 434. The highest BCUT2D eigenvalue weighted by molar-refractivity contribution is 6.01. The monoisotopic (exact) mass is 161 g/mol. The standard InChI is InChI=1S/C7H5N4O/c8-7(12)6-5-4(1-2-9-6)10-3-11-5/h1-2H,(H2,8,12)(H,10,11). The second kappa shape index (κ2) is 2.30. The van der Waals surface area contributed by atoms with Crippen molar-refractivity contribution in [1.82, 2.24) is 15.0 Å². The molecule has 2 heterocycles. The number of nitrogens with one attached hydrogen (secondary N) is 1. The van der Waals surface area contributed by atoms with Crippen molar-refractivity contribution in [2.45, 2.75) is 0 Å². The van der Waals surface area contributed by atoms with Crippen molar-refractivity contribution >= 4 is 16.9 Å². The van der Waals surface area contributed by atoms with Crippen LogP contribution >= 0.6 is 0 Å². The first-order valence-electron chi connectivity index (χ1n) is 3.29. The lowest BCUT2D eigenvalue weighted by molar-refractivity contribution is 0.0997. The van der Waals surface area contributed by atoms with Crippen molar-refractivity contribution < 1.29 is 4.79 Å². The summed E-state index contributed by atoms with van der Waals surface area (Å²) in [4.78, 5) is 21.1. The van der Waals surface area contributed by atoms with Crippen LogP contribution in [0.4, 0.5) is 0 Å². The lowest BCUT2D eigenvalue weighted by Gasteiger charge is -1.93. The lowest BCUT2D eigenvalue weighted by Crippen LogP contribution is -2.13. The average molecular weight is 161 g/mol. The molecule has 1 amide bonds. The van der Waals surface area contributed by atoms with Crippen LogP contribution in [0.15, 0.2) is 12.3 Å². The number of pyridine rings is 1. The van der Waals surface area contributed by atoms with Crippen LogP contribution in [0, 0.1) is 6.33 Å². The maximum absolute atomic E-state index is 10.8. The number of carbonyl (C=O) groups excluding carboxylic acids is 1. The molecular formula is C7H5N4O. The van der Waals surface area contributed by atoms with Gasteiger partial charge in [0.25, 0.3) is 5.91 Å². The van der Waals surface area contributed by atoms with Gasteiger partial charge in [0.1, 0.15) is 0 Å². The number of amides is 1. The number of nitrogens with zero attached hydrogens (tertiary/aromatic N) is 2. The van der Waals surface area contributed by atoms with Gasteiger partial charge in [-0.1, -0.05) is 0 Å². The summed E-state index contributed by atoms with van der Waals surface area (Å²) in [7, 11) is 0. The van der Waals surface area contributed by atoms with Gasteiger partial charge in [0.15, 0.2) is 12.0 Å². The number of primary amides is 1. The van der Waals surface area contributed by atoms with E-state index in [1.165, 1.54) is 6.20 Å². The predicted molar refractivity (Wildman–Crippen MR) is 41.2 cm³/mol. The third kappa shape index (κ3) is 0.833. The molecule has 2 aromatic rings. The fraction of sp³-hybridized carbons (Fsp3) is 0. The number of H-pyrrole nitrogens is 1. The largest absolute Gasteiger partial charge is 0.364 e. The summed E-state index contributed by atoms with van der Waals surface area (Å²) in [5.74, 6) is -0.571. The van der Waals surface area contributed by atoms with E-state index >= 15 is 0 Å². The second-order valence-electron chi connectivity index (χ2n) is 2.27. The third-order valence-corrected chi connectivity index (χ3v) is 1.52. The van der Waals surface area contributed by atoms with Gasteiger partial charge < -0.3 is 10.7 Å². The van der Waals surface area contributed by atoms with Crippen molar-refractivity contribution in [1.29, 1.82) is 0 Å². The molecule has 12 heavy (non-hydrogen) atoms. The van der Waals surface area contributed by atoms with E-state index in [0.717, 1.165) is 0 Å². The summed E-state index contributed by atoms with van der Waals surface area (Å²) < 4.78 is 0. The molecule has 0 fully saturated rings. The van der Waals surface area contributed by atoms with Crippen molar-refractivity contribution in [3.63, 3.8) is 0 Å². The van der Waals surface area contributed by atoms with Gasteiger partial charge in [-0.2, -0.15) is 0 Å². The predicted octanol–water partition coefficient (Wildman–Crippen LogP) is -0.143. The van der Waals surface area contributed by atoms with E-state index in [9.17, 15) is 4.79 Å². The SMILES string of the molecule is NC(=O)c1nccc2n[c][nH]c12. The molecule has 0 atom stereocenters. The maximum Gasteiger partial charge on any atom is 0.269 e. The molecule has 0 aliphatic heterocycles. The molecule has 5 nitrogen and oxygen atoms in total. The van der Waals surface area contributed by atoms with E-state index in [-0.39, 0.29) is 5.69 Å². The van der Waals surface area contributed by atoms with Crippen LogP contribution in [0.3, 0.4) is 0 Å². The smallest absolute Gasteiger partial charge is 0.269 e. The Kier molecular flexibility index (Phi) is 1.30. The summed E-state index contributed by atoms with van der Waals surface area (Å²) in [6.45, 7) is 0. The second-order valence-corrected chi connectivity index (χ2v) is 2.27. The molecule has 59 valence electrons. The summed E-state index contributed by atoms with van der Waals surface area (Å²) >= 11 is 0. The fourth-order valence-electron chi connectivity index (χ4n) is 0.999. The minimum absolute atomic E-state index is 0.196. The summed E-state index contributed by atoms with van der Waals surface area (Å²) in [6.07, 6.45) is 3.99. The van der Waals surface area contributed by atoms with Gasteiger partial charge in [-0.25, -0.2) is 9.97 Å². The highest BCUT2D eigenvalue weighted by Gasteiger charge is 2.08. The number of aromatic nitrogens is 3. The molecule has 0 aliphatic carbocycles. The molecule has 2 aromatic heterocycles. The first-order valence-corrected chi connectivity index (χ1v) is 3.29. The molecule has 2 rings (SSSR count). The summed E-state index contributed by atoms with van der Waals surface area (Å²) in [5.41, 5.74) is 6.44. The van der Waals surface area contributed by atoms with Gasteiger partial charge in [0.05, 0.1) is 11.0 Å². The van der Waals surface area contributed by atoms with Crippen LogP contribution in [-0.4, -0.2) is 20.9 Å². The van der Waals surface area contributed by atoms with E-state index in [1.807, 2.05) is 0 Å². The van der Waals surface area contributed by atoms with Crippen LogP contribution < -0.4 is 5.73 Å². The Balaban J connectivity index is 2.82. The van der Waals surface area contributed by atoms with E-state index in [4.69, 9.17) is 5.73 Å². The van der Waals surface area contributed by atoms with Gasteiger partial charge >= 0.3 is 0 Å². The number of hydrogen-bond donors (Lipinski definition) is 2. The van der Waals surface area contributed by atoms with Crippen LogP contribution in [0.25, 0.3) is 11.0 Å². The molecule has 0 aromatic carbocycles. The number of nitrogens with two attached hydrogens (primary N) is 1. The number of imidazole rings is 1. The fourth-order valence-corrected chi connectivity index (χ4v) is 0.999. The summed E-state index contributed by atoms with van der Waals surface area (Å²) in [5, 5.41) is 0. The van der Waals surface area contributed by atoms with Gasteiger partial charge in [0, 0.05) is 6.20 Å². The number of fused-ring (bicyclic) bond motifs is 1. The average Bonchev–Trinajstić information content (AvgIpc) is 2.49. The minimum atomic E-state index is -0.571. The van der Waals surface area contributed by atoms with Crippen molar-refractivity contribution in [2.24, 2.45) is 5.73 Å². The van der Waals surface area contributed by atoms with Crippen LogP contribution in [0.2, 0.25) is 0 Å². The zero-order valence-electron chi connectivity index (χ0n) is 6.03. The number of aromatic amines is 1. The molecule has 1 radical (unpaired) electrons. The minimum Gasteiger partial charge on any atom is -0.364 e. The van der Waals surface area contributed by atoms with E-state index in [1.54, 1.807) is 6.07 Å². The zero-order valence-corrected chi connectivity index (χ0v) is 6.03. The number of rotatable bonds is 1. The van der Waals surface area contributed by atoms with Gasteiger partial charge in [-0.05, 0) is 6.07 Å². The number of hydrogen-bond acceptors (Lipinski definition) is 3. The molecule has 0 aliphatic rings. The highest BCUT2D eigenvalue weighted by atomic mass is 16.1. The Morgan fingerprint density at radius 1 is 1.67 bits per heavy atom. The van der Waals surface area contributed by atoms with E-state index in [0.29, 0.717) is 11.0 Å². The van der Waals surface area contributed by atoms with E-state index in [2.05, 4.69) is 21.3 Å². The Morgan fingerprint density at radius 3 is 3.25 bits per heavy atom. The molecular weight excluding hydrogens is 156 g/mol. The molecule has 0 unspecified atom stereocenters. The van der Waals surface area contributed by atoms with Crippen LogP contribution in [0.5, 0.6) is 0 Å². The first kappa shape index (κ1) is 6.78. The van der Waals surface area contributed by atoms with Crippen LogP contribution in [0.1, 0.15) is 10.5 Å². The zero-order chi connectivity index (χ0) is 8.55. The maximum atomic E-state index is 10.8. The van der Waals surface area contributed by atoms with Gasteiger partial charge in [-0.3, -0.25) is 4.79 Å². The van der Waals surface area contributed by atoms with E-state index < -0.39 is 5.91 Å². The van der Waals surface area contributed by atoms with Crippen molar-refractivity contribution in [3.8, 4) is 0 Å². The molecule has 0 spiro atoms. The van der Waals surface area contributed by atoms with Gasteiger partial charge in [-0.15, -0.1) is 0 Å². The molecule has 0 bridgehead atoms. The Morgan fingerprint density at radius 2 is 2.50 bits per heavy atom. The molecule has 3 N–H and O–H groups in total. The molecule has 5 heteroatoms. The lowest BCUT2D eigenvalue weighted by atomic mass is 10.3. The van der Waals surface area contributed by atoms with Crippen molar-refractivity contribution in [3.05, 3.63) is 24.3 Å². The third-order valence-electron chi connectivity index (χ3n) is 1.52.